The van der Waals surface area contributed by atoms with Crippen molar-refractivity contribution in [3.05, 3.63) is 23.8 Å². The van der Waals surface area contributed by atoms with E-state index in [-0.39, 0.29) is 13.4 Å². The van der Waals surface area contributed by atoms with Gasteiger partial charge in [-0.3, -0.25) is 0 Å². The largest absolute Gasteiger partial charge is 0.454 e. The van der Waals surface area contributed by atoms with Crippen molar-refractivity contribution >= 4 is 0 Å². The van der Waals surface area contributed by atoms with Crippen LogP contribution in [-0.4, -0.2) is 31.7 Å². The third-order valence-corrected chi connectivity index (χ3v) is 3.23. The Labute approximate surface area is 105 Å². The van der Waals surface area contributed by atoms with E-state index in [1.54, 1.807) is 0 Å². The Kier molecular flexibility index (Phi) is 3.11. The summed E-state index contributed by atoms with van der Waals surface area (Å²) < 4.78 is 22.2. The minimum absolute atomic E-state index is 0.124. The van der Waals surface area contributed by atoms with Gasteiger partial charge < -0.3 is 24.1 Å². The number of benzene rings is 1. The number of aliphatic hydroxyl groups excluding tert-OH is 1. The summed E-state index contributed by atoms with van der Waals surface area (Å²) in [5.41, 5.74) is 0.915. The lowest BCUT2D eigenvalue weighted by Gasteiger charge is -2.27. The minimum atomic E-state index is -0.746. The van der Waals surface area contributed by atoms with Gasteiger partial charge in [0, 0.05) is 18.6 Å². The molecule has 2 aliphatic rings. The summed E-state index contributed by atoms with van der Waals surface area (Å²) in [7, 11) is 0. The number of ether oxygens (including phenoxy) is 4. The van der Waals surface area contributed by atoms with Gasteiger partial charge >= 0.3 is 0 Å². The molecule has 0 bridgehead atoms. The molecule has 2 heterocycles. The topological polar surface area (TPSA) is 57.2 Å². The van der Waals surface area contributed by atoms with Crippen LogP contribution in [0.2, 0.25) is 0 Å². The lowest BCUT2D eigenvalue weighted by molar-refractivity contribution is -0.172. The van der Waals surface area contributed by atoms with Crippen molar-refractivity contribution in [2.45, 2.75) is 18.6 Å². The number of fused-ring (bicyclic) bond motifs is 1. The zero-order valence-corrected chi connectivity index (χ0v) is 10.1. The second-order valence-electron chi connectivity index (χ2n) is 4.35. The van der Waals surface area contributed by atoms with E-state index in [9.17, 15) is 0 Å². The summed E-state index contributed by atoms with van der Waals surface area (Å²) in [5.74, 6) is 0.716. The van der Waals surface area contributed by atoms with Crippen LogP contribution in [0.1, 0.15) is 18.4 Å². The van der Waals surface area contributed by atoms with Crippen molar-refractivity contribution in [3.8, 4) is 11.5 Å². The molecule has 2 aliphatic heterocycles. The van der Waals surface area contributed by atoms with Gasteiger partial charge in [0.05, 0.1) is 13.2 Å². The van der Waals surface area contributed by atoms with Gasteiger partial charge in [0.1, 0.15) is 0 Å². The molecular formula is C13H16O5. The molecule has 1 aromatic carbocycles. The molecule has 98 valence electrons. The van der Waals surface area contributed by atoms with E-state index in [4.69, 9.17) is 24.1 Å². The van der Waals surface area contributed by atoms with Crippen LogP contribution in [0.4, 0.5) is 0 Å². The van der Waals surface area contributed by atoms with Crippen molar-refractivity contribution in [1.29, 1.82) is 0 Å². The molecule has 0 amide bonds. The summed E-state index contributed by atoms with van der Waals surface area (Å²) in [6.45, 7) is 1.52. The molecule has 1 saturated heterocycles. The first-order valence-corrected chi connectivity index (χ1v) is 6.13. The van der Waals surface area contributed by atoms with E-state index in [1.807, 2.05) is 18.2 Å². The van der Waals surface area contributed by atoms with Gasteiger partial charge in [0.25, 0.3) is 0 Å². The summed E-state index contributed by atoms with van der Waals surface area (Å²) >= 11 is 0. The van der Waals surface area contributed by atoms with E-state index in [0.29, 0.717) is 26.1 Å². The van der Waals surface area contributed by atoms with Gasteiger partial charge in [-0.05, 0) is 24.6 Å². The molecule has 1 N–H and O–H groups in total. The molecule has 0 atom stereocenters. The zero-order valence-electron chi connectivity index (χ0n) is 10.1. The Hall–Kier alpha value is -1.30. The maximum absolute atomic E-state index is 8.99. The fourth-order valence-electron chi connectivity index (χ4n) is 2.36. The van der Waals surface area contributed by atoms with Crippen molar-refractivity contribution < 1.29 is 24.1 Å². The Morgan fingerprint density at radius 2 is 1.89 bits per heavy atom. The molecule has 5 heteroatoms. The van der Waals surface area contributed by atoms with Crippen LogP contribution >= 0.6 is 0 Å². The second kappa shape index (κ2) is 4.76. The summed E-state index contributed by atoms with van der Waals surface area (Å²) in [4.78, 5) is 0. The highest BCUT2D eigenvalue weighted by Crippen LogP contribution is 2.41. The van der Waals surface area contributed by atoms with Crippen molar-refractivity contribution in [3.63, 3.8) is 0 Å². The third kappa shape index (κ3) is 1.94. The van der Waals surface area contributed by atoms with Gasteiger partial charge in [-0.25, -0.2) is 0 Å². The number of hydrogen-bond donors (Lipinski definition) is 1. The molecule has 0 aliphatic carbocycles. The maximum Gasteiger partial charge on any atom is 0.231 e. The molecule has 1 aromatic rings. The number of hydrogen-bond acceptors (Lipinski definition) is 5. The summed E-state index contributed by atoms with van der Waals surface area (Å²) in [6, 6.07) is 5.69. The van der Waals surface area contributed by atoms with E-state index in [1.165, 1.54) is 0 Å². The Balaban J connectivity index is 1.90. The van der Waals surface area contributed by atoms with E-state index in [0.717, 1.165) is 17.1 Å². The van der Waals surface area contributed by atoms with Gasteiger partial charge in [-0.2, -0.15) is 0 Å². The van der Waals surface area contributed by atoms with Gasteiger partial charge in [0.2, 0.25) is 6.79 Å². The highest BCUT2D eigenvalue weighted by atomic mass is 16.7. The third-order valence-electron chi connectivity index (χ3n) is 3.23. The summed E-state index contributed by atoms with van der Waals surface area (Å²) in [6.07, 6.45) is 1.26. The smallest absolute Gasteiger partial charge is 0.231 e. The second-order valence-corrected chi connectivity index (χ2v) is 4.35. The van der Waals surface area contributed by atoms with Crippen LogP contribution < -0.4 is 9.47 Å². The molecular weight excluding hydrogens is 236 g/mol. The predicted octanol–water partition coefficient (Wildman–Crippen LogP) is 1.39. The Morgan fingerprint density at radius 3 is 2.67 bits per heavy atom. The molecule has 0 aromatic heterocycles. The molecule has 18 heavy (non-hydrogen) atoms. The first-order valence-electron chi connectivity index (χ1n) is 6.13. The lowest BCUT2D eigenvalue weighted by atomic mass is 10.00. The molecule has 0 radical (unpaired) electrons. The lowest BCUT2D eigenvalue weighted by Crippen LogP contribution is -2.27. The van der Waals surface area contributed by atoms with Gasteiger partial charge in [-0.15, -0.1) is 0 Å². The van der Waals surface area contributed by atoms with Crippen LogP contribution in [-0.2, 0) is 15.3 Å². The molecule has 1 fully saturated rings. The van der Waals surface area contributed by atoms with Crippen LogP contribution in [0, 0.1) is 0 Å². The quantitative estimate of drug-likeness (QED) is 0.877. The van der Waals surface area contributed by atoms with Gasteiger partial charge in [0.15, 0.2) is 17.3 Å². The molecule has 5 nitrogen and oxygen atoms in total. The van der Waals surface area contributed by atoms with Gasteiger partial charge in [-0.1, -0.05) is 0 Å². The predicted molar refractivity (Wildman–Crippen MR) is 62.5 cm³/mol. The monoisotopic (exact) mass is 252 g/mol. The molecule has 0 unspecified atom stereocenters. The Bertz CT molecular complexity index is 425. The summed E-state index contributed by atoms with van der Waals surface area (Å²) in [5, 5.41) is 8.99. The zero-order chi connectivity index (χ0) is 12.4. The standard InChI is InChI=1S/C13H16O5/c14-5-1-4-13(17-6-7-18-13)10-2-3-11-12(8-10)16-9-15-11/h2-3,8,14H,1,4-7,9H2. The normalized spacial score (nSPS) is 20.3. The number of rotatable bonds is 4. The van der Waals surface area contributed by atoms with Crippen LogP contribution in [0.25, 0.3) is 0 Å². The van der Waals surface area contributed by atoms with Crippen LogP contribution in [0.5, 0.6) is 11.5 Å². The average Bonchev–Trinajstić information content (AvgIpc) is 3.05. The van der Waals surface area contributed by atoms with E-state index < -0.39 is 5.79 Å². The van der Waals surface area contributed by atoms with Crippen molar-refractivity contribution in [2.75, 3.05) is 26.6 Å². The number of aliphatic hydroxyl groups is 1. The highest BCUT2D eigenvalue weighted by Gasteiger charge is 2.38. The minimum Gasteiger partial charge on any atom is -0.454 e. The van der Waals surface area contributed by atoms with Crippen molar-refractivity contribution in [1.82, 2.24) is 0 Å². The van der Waals surface area contributed by atoms with E-state index in [2.05, 4.69) is 0 Å². The fourth-order valence-corrected chi connectivity index (χ4v) is 2.36. The maximum atomic E-state index is 8.99. The van der Waals surface area contributed by atoms with Crippen LogP contribution in [0.15, 0.2) is 18.2 Å². The van der Waals surface area contributed by atoms with Crippen LogP contribution in [0.3, 0.4) is 0 Å². The molecule has 0 saturated carbocycles. The molecule has 3 rings (SSSR count). The SMILES string of the molecule is OCCCC1(c2ccc3c(c2)OCO3)OCCO1. The Morgan fingerprint density at radius 1 is 1.11 bits per heavy atom. The fraction of sp³-hybridized carbons (Fsp3) is 0.538. The first-order chi connectivity index (χ1) is 8.84. The first kappa shape index (κ1) is 11.8. The van der Waals surface area contributed by atoms with E-state index >= 15 is 0 Å². The highest BCUT2D eigenvalue weighted by molar-refractivity contribution is 5.45. The average molecular weight is 252 g/mol. The van der Waals surface area contributed by atoms with Crippen molar-refractivity contribution in [2.24, 2.45) is 0 Å². The molecule has 0 spiro atoms.